The molecule has 0 radical (unpaired) electrons. The molecule has 0 unspecified atom stereocenters. The smallest absolute Gasteiger partial charge is 0.237 e. The van der Waals surface area contributed by atoms with Crippen molar-refractivity contribution in [3.8, 4) is 5.88 Å². The Balaban J connectivity index is 1.90. The van der Waals surface area contributed by atoms with Crippen LogP contribution in [0.25, 0.3) is 0 Å². The summed E-state index contributed by atoms with van der Waals surface area (Å²) in [5.74, 6) is 0.492. The van der Waals surface area contributed by atoms with Gasteiger partial charge in [-0.05, 0) is 30.7 Å². The molecule has 17 heavy (non-hydrogen) atoms. The van der Waals surface area contributed by atoms with E-state index in [0.717, 1.165) is 17.7 Å². The molecule has 0 aliphatic rings. The van der Waals surface area contributed by atoms with E-state index in [1.807, 2.05) is 31.2 Å². The number of nitrogens with zero attached hydrogens (tertiary/aromatic N) is 2. The molecule has 88 valence electrons. The minimum atomic E-state index is 0.492. The number of ether oxygens (including phenoxy) is 1. The lowest BCUT2D eigenvalue weighted by Gasteiger charge is -2.07. The van der Waals surface area contributed by atoms with Crippen LogP contribution in [-0.4, -0.2) is 16.6 Å². The lowest BCUT2D eigenvalue weighted by Crippen LogP contribution is -2.06. The lowest BCUT2D eigenvalue weighted by atomic mass is 10.3. The summed E-state index contributed by atoms with van der Waals surface area (Å²) in [6, 6.07) is 7.67. The maximum atomic E-state index is 5.80. The molecule has 0 amide bonds. The minimum Gasteiger partial charge on any atom is -0.476 e. The molecule has 2 aromatic rings. The number of nitrogens with two attached hydrogens (primary N) is 1. The minimum absolute atomic E-state index is 0.492. The van der Waals surface area contributed by atoms with E-state index in [9.17, 15) is 0 Å². The topological polar surface area (TPSA) is 61.0 Å². The molecule has 0 atom stereocenters. The summed E-state index contributed by atoms with van der Waals surface area (Å²) in [5, 5.41) is 0. The van der Waals surface area contributed by atoms with Gasteiger partial charge in [0.2, 0.25) is 5.88 Å². The van der Waals surface area contributed by atoms with E-state index in [4.69, 9.17) is 10.5 Å². The summed E-state index contributed by atoms with van der Waals surface area (Å²) in [6.07, 6.45) is 4.26. The third-order valence-electron chi connectivity index (χ3n) is 2.34. The number of anilines is 1. The Morgan fingerprint density at radius 3 is 2.88 bits per heavy atom. The highest BCUT2D eigenvalue weighted by Crippen LogP contribution is 2.18. The SMILES string of the molecule is Cc1cnc(OCCc2ccccn2)c(N)c1. The summed E-state index contributed by atoms with van der Waals surface area (Å²) in [6.45, 7) is 2.47. The maximum absolute atomic E-state index is 5.80. The number of pyridine rings is 2. The average Bonchev–Trinajstić information content (AvgIpc) is 2.33. The van der Waals surface area contributed by atoms with Crippen LogP contribution in [0.4, 0.5) is 5.69 Å². The number of rotatable bonds is 4. The van der Waals surface area contributed by atoms with Crippen LogP contribution in [0.2, 0.25) is 0 Å². The summed E-state index contributed by atoms with van der Waals surface area (Å²) in [5.41, 5.74) is 8.40. The molecule has 0 aromatic carbocycles. The van der Waals surface area contributed by atoms with Gasteiger partial charge in [-0.2, -0.15) is 0 Å². The third kappa shape index (κ3) is 3.17. The quantitative estimate of drug-likeness (QED) is 0.871. The summed E-state index contributed by atoms with van der Waals surface area (Å²) in [4.78, 5) is 8.36. The average molecular weight is 229 g/mol. The first-order valence-electron chi connectivity index (χ1n) is 5.50. The molecule has 0 aliphatic heterocycles. The molecule has 0 fully saturated rings. The van der Waals surface area contributed by atoms with Crippen molar-refractivity contribution >= 4 is 5.69 Å². The first kappa shape index (κ1) is 11.4. The predicted molar refractivity (Wildman–Crippen MR) is 66.8 cm³/mol. The zero-order chi connectivity index (χ0) is 12.1. The first-order chi connectivity index (χ1) is 8.25. The van der Waals surface area contributed by atoms with Crippen molar-refractivity contribution in [1.29, 1.82) is 0 Å². The number of aromatic nitrogens is 2. The van der Waals surface area contributed by atoms with E-state index in [2.05, 4.69) is 9.97 Å². The van der Waals surface area contributed by atoms with Crippen LogP contribution in [0.15, 0.2) is 36.7 Å². The molecule has 0 saturated carbocycles. The van der Waals surface area contributed by atoms with E-state index in [1.54, 1.807) is 12.4 Å². The molecule has 0 bridgehead atoms. The van der Waals surface area contributed by atoms with Crippen molar-refractivity contribution in [3.63, 3.8) is 0 Å². The summed E-state index contributed by atoms with van der Waals surface area (Å²) < 4.78 is 5.52. The molecular formula is C13H15N3O. The van der Waals surface area contributed by atoms with Gasteiger partial charge >= 0.3 is 0 Å². The highest BCUT2D eigenvalue weighted by Gasteiger charge is 2.02. The Hall–Kier alpha value is -2.10. The van der Waals surface area contributed by atoms with Gasteiger partial charge in [-0.25, -0.2) is 4.98 Å². The van der Waals surface area contributed by atoms with Crippen LogP contribution in [0.5, 0.6) is 5.88 Å². The molecule has 2 N–H and O–H groups in total. The Kier molecular flexibility index (Phi) is 3.55. The molecule has 4 heteroatoms. The van der Waals surface area contributed by atoms with Gasteiger partial charge in [-0.1, -0.05) is 6.07 Å². The highest BCUT2D eigenvalue weighted by molar-refractivity contribution is 5.49. The Labute approximate surface area is 100 Å². The van der Waals surface area contributed by atoms with E-state index < -0.39 is 0 Å². The van der Waals surface area contributed by atoms with Crippen molar-refractivity contribution in [2.45, 2.75) is 13.3 Å². The van der Waals surface area contributed by atoms with Crippen LogP contribution in [0.3, 0.4) is 0 Å². The Morgan fingerprint density at radius 2 is 2.18 bits per heavy atom. The van der Waals surface area contributed by atoms with Crippen LogP contribution in [0, 0.1) is 6.92 Å². The second-order valence-corrected chi connectivity index (χ2v) is 3.83. The van der Waals surface area contributed by atoms with Crippen LogP contribution >= 0.6 is 0 Å². The van der Waals surface area contributed by atoms with Crippen LogP contribution in [0.1, 0.15) is 11.3 Å². The van der Waals surface area contributed by atoms with Gasteiger partial charge in [0.1, 0.15) is 0 Å². The number of aryl methyl sites for hydroxylation is 1. The fourth-order valence-corrected chi connectivity index (χ4v) is 1.50. The molecule has 0 spiro atoms. The second-order valence-electron chi connectivity index (χ2n) is 3.83. The second kappa shape index (κ2) is 5.30. The van der Waals surface area contributed by atoms with Gasteiger partial charge in [0, 0.05) is 24.5 Å². The zero-order valence-electron chi connectivity index (χ0n) is 9.76. The van der Waals surface area contributed by atoms with Gasteiger partial charge in [0.05, 0.1) is 12.3 Å². The molecule has 2 aromatic heterocycles. The molecule has 0 saturated heterocycles. The van der Waals surface area contributed by atoms with Crippen LogP contribution in [-0.2, 0) is 6.42 Å². The maximum Gasteiger partial charge on any atom is 0.237 e. The van der Waals surface area contributed by atoms with Gasteiger partial charge in [0.15, 0.2) is 0 Å². The molecule has 2 rings (SSSR count). The summed E-state index contributed by atoms with van der Waals surface area (Å²) in [7, 11) is 0. The first-order valence-corrected chi connectivity index (χ1v) is 5.50. The van der Waals surface area contributed by atoms with E-state index in [1.165, 1.54) is 0 Å². The van der Waals surface area contributed by atoms with Crippen molar-refractivity contribution < 1.29 is 4.74 Å². The highest BCUT2D eigenvalue weighted by atomic mass is 16.5. The summed E-state index contributed by atoms with van der Waals surface area (Å²) >= 11 is 0. The molecule has 0 aliphatic carbocycles. The van der Waals surface area contributed by atoms with Gasteiger partial charge in [-0.15, -0.1) is 0 Å². The number of hydrogen-bond donors (Lipinski definition) is 1. The predicted octanol–water partition coefficient (Wildman–Crippen LogP) is 1.99. The van der Waals surface area contributed by atoms with E-state index >= 15 is 0 Å². The monoisotopic (exact) mass is 229 g/mol. The van der Waals surface area contributed by atoms with Crippen molar-refractivity contribution in [2.75, 3.05) is 12.3 Å². The fourth-order valence-electron chi connectivity index (χ4n) is 1.50. The molecular weight excluding hydrogens is 214 g/mol. The standard InChI is InChI=1S/C13H15N3O/c1-10-8-12(14)13(16-9-10)17-7-5-11-4-2-3-6-15-11/h2-4,6,8-9H,5,7,14H2,1H3. The number of hydrogen-bond acceptors (Lipinski definition) is 4. The zero-order valence-corrected chi connectivity index (χ0v) is 9.76. The third-order valence-corrected chi connectivity index (χ3v) is 2.34. The van der Waals surface area contributed by atoms with Crippen LogP contribution < -0.4 is 10.5 Å². The fraction of sp³-hybridized carbons (Fsp3) is 0.231. The van der Waals surface area contributed by atoms with Gasteiger partial charge in [0.25, 0.3) is 0 Å². The van der Waals surface area contributed by atoms with Gasteiger partial charge < -0.3 is 10.5 Å². The molecule has 2 heterocycles. The Morgan fingerprint density at radius 1 is 1.29 bits per heavy atom. The van der Waals surface area contributed by atoms with Crippen molar-refractivity contribution in [1.82, 2.24) is 9.97 Å². The molecule has 4 nitrogen and oxygen atoms in total. The van der Waals surface area contributed by atoms with E-state index in [-0.39, 0.29) is 0 Å². The number of nitrogen functional groups attached to an aromatic ring is 1. The van der Waals surface area contributed by atoms with Crippen molar-refractivity contribution in [2.24, 2.45) is 0 Å². The lowest BCUT2D eigenvalue weighted by molar-refractivity contribution is 0.310. The van der Waals surface area contributed by atoms with Crippen molar-refractivity contribution in [3.05, 3.63) is 47.9 Å². The van der Waals surface area contributed by atoms with E-state index in [0.29, 0.717) is 18.2 Å². The Bertz CT molecular complexity index is 485. The largest absolute Gasteiger partial charge is 0.476 e. The normalized spacial score (nSPS) is 10.2. The van der Waals surface area contributed by atoms with Gasteiger partial charge in [-0.3, -0.25) is 4.98 Å².